The average molecular weight is 517 g/mol. The van der Waals surface area contributed by atoms with Gasteiger partial charge in [-0.25, -0.2) is 8.78 Å². The van der Waals surface area contributed by atoms with Gasteiger partial charge in [0.15, 0.2) is 0 Å². The van der Waals surface area contributed by atoms with Crippen molar-refractivity contribution in [1.82, 2.24) is 19.7 Å². The second kappa shape index (κ2) is 8.79. The minimum Gasteiger partial charge on any atom is -0.477 e. The van der Waals surface area contributed by atoms with E-state index in [0.29, 0.717) is 22.2 Å². The van der Waals surface area contributed by atoms with Gasteiger partial charge in [0.1, 0.15) is 17.5 Å². The standard InChI is InChI=1S/C25H20F5N5O2/c1-24(2)19-20(31-22(24)36)32-23(33-21(19)37-10-9-25(28,29)30)35-18-8-7-14(26)12-15(18)17(34-35)11-13-5-3-4-6-16(13)27/h3-8,12H,9-11H2,1-2H3,(H,31,32,33,36). The molecular weight excluding hydrogens is 497 g/mol. The van der Waals surface area contributed by atoms with Crippen molar-refractivity contribution in [2.24, 2.45) is 0 Å². The minimum atomic E-state index is -4.45. The lowest BCUT2D eigenvalue weighted by Crippen LogP contribution is -2.27. The van der Waals surface area contributed by atoms with Crippen molar-refractivity contribution in [2.75, 3.05) is 11.9 Å². The summed E-state index contributed by atoms with van der Waals surface area (Å²) in [6, 6.07) is 9.97. The Morgan fingerprint density at radius 2 is 1.84 bits per heavy atom. The van der Waals surface area contributed by atoms with Crippen LogP contribution in [0.4, 0.5) is 27.8 Å². The maximum atomic E-state index is 14.3. The molecule has 0 unspecified atom stereocenters. The average Bonchev–Trinajstić information content (AvgIpc) is 3.27. The molecule has 0 aliphatic carbocycles. The maximum absolute atomic E-state index is 14.3. The van der Waals surface area contributed by atoms with Crippen LogP contribution in [0.15, 0.2) is 42.5 Å². The van der Waals surface area contributed by atoms with Crippen molar-refractivity contribution in [3.05, 3.63) is 70.9 Å². The number of nitrogens with one attached hydrogen (secondary N) is 1. The van der Waals surface area contributed by atoms with Crippen LogP contribution in [0.2, 0.25) is 0 Å². The van der Waals surface area contributed by atoms with E-state index in [4.69, 9.17) is 4.74 Å². The van der Waals surface area contributed by atoms with Crippen LogP contribution in [0, 0.1) is 11.6 Å². The van der Waals surface area contributed by atoms with E-state index in [1.165, 1.54) is 28.9 Å². The van der Waals surface area contributed by atoms with Gasteiger partial charge in [0.2, 0.25) is 11.8 Å². The highest BCUT2D eigenvalue weighted by molar-refractivity contribution is 6.05. The van der Waals surface area contributed by atoms with Crippen LogP contribution < -0.4 is 10.1 Å². The van der Waals surface area contributed by atoms with Crippen molar-refractivity contribution in [1.29, 1.82) is 0 Å². The Morgan fingerprint density at radius 1 is 1.08 bits per heavy atom. The molecule has 0 saturated heterocycles. The summed E-state index contributed by atoms with van der Waals surface area (Å²) < 4.78 is 73.4. The van der Waals surface area contributed by atoms with E-state index >= 15 is 0 Å². The van der Waals surface area contributed by atoms with Crippen molar-refractivity contribution >= 4 is 22.6 Å². The Bertz CT molecular complexity index is 1530. The van der Waals surface area contributed by atoms with Gasteiger partial charge in [0.25, 0.3) is 5.95 Å². The molecular formula is C25H20F5N5O2. The summed E-state index contributed by atoms with van der Waals surface area (Å²) in [7, 11) is 0. The molecule has 0 atom stereocenters. The van der Waals surface area contributed by atoms with Gasteiger partial charge >= 0.3 is 6.18 Å². The van der Waals surface area contributed by atoms with Crippen molar-refractivity contribution in [2.45, 2.75) is 38.3 Å². The molecule has 5 rings (SSSR count). The molecule has 0 fully saturated rings. The highest BCUT2D eigenvalue weighted by Crippen LogP contribution is 2.42. The number of hydrogen-bond donors (Lipinski definition) is 1. The molecule has 1 aliphatic rings. The predicted octanol–water partition coefficient (Wildman–Crippen LogP) is 5.25. The molecule has 2 aromatic carbocycles. The third kappa shape index (κ3) is 4.58. The first kappa shape index (κ1) is 24.6. The number of anilines is 1. The summed E-state index contributed by atoms with van der Waals surface area (Å²) in [6.07, 6.45) is -5.64. The predicted molar refractivity (Wildman–Crippen MR) is 124 cm³/mol. The van der Waals surface area contributed by atoms with Crippen LogP contribution in [0.1, 0.15) is 37.1 Å². The molecule has 0 radical (unpaired) electrons. The quantitative estimate of drug-likeness (QED) is 0.354. The number of rotatable bonds is 6. The fourth-order valence-corrected chi connectivity index (χ4v) is 4.18. The highest BCUT2D eigenvalue weighted by atomic mass is 19.4. The zero-order valence-electron chi connectivity index (χ0n) is 19.7. The second-order valence-electron chi connectivity index (χ2n) is 9.13. The van der Waals surface area contributed by atoms with E-state index in [0.717, 1.165) is 0 Å². The Labute approximate surface area is 207 Å². The monoisotopic (exact) mass is 517 g/mol. The number of amides is 1. The lowest BCUT2D eigenvalue weighted by Gasteiger charge is -2.18. The summed E-state index contributed by atoms with van der Waals surface area (Å²) >= 11 is 0. The Hall–Kier alpha value is -4.09. The van der Waals surface area contributed by atoms with Crippen LogP contribution in [0.5, 0.6) is 5.88 Å². The SMILES string of the molecule is CC1(C)C(=O)Nc2nc(-n3nc(Cc4ccccc4F)c4cc(F)ccc43)nc(OCCC(F)(F)F)c21. The molecule has 3 heterocycles. The molecule has 0 spiro atoms. The van der Waals surface area contributed by atoms with Gasteiger partial charge in [-0.3, -0.25) is 4.79 Å². The van der Waals surface area contributed by atoms with Gasteiger partial charge in [0, 0.05) is 11.8 Å². The van der Waals surface area contributed by atoms with Crippen molar-refractivity contribution < 1.29 is 31.5 Å². The van der Waals surface area contributed by atoms with E-state index in [2.05, 4.69) is 20.4 Å². The first-order chi connectivity index (χ1) is 17.4. The van der Waals surface area contributed by atoms with Crippen LogP contribution in [0.3, 0.4) is 0 Å². The zero-order valence-corrected chi connectivity index (χ0v) is 19.7. The normalized spacial score (nSPS) is 14.6. The van der Waals surface area contributed by atoms with Gasteiger partial charge in [-0.2, -0.15) is 32.9 Å². The number of aromatic nitrogens is 4. The van der Waals surface area contributed by atoms with Gasteiger partial charge < -0.3 is 10.1 Å². The molecule has 1 amide bonds. The van der Waals surface area contributed by atoms with E-state index in [-0.39, 0.29) is 29.6 Å². The van der Waals surface area contributed by atoms with Crippen LogP contribution in [-0.4, -0.2) is 38.4 Å². The lowest BCUT2D eigenvalue weighted by atomic mass is 9.87. The van der Waals surface area contributed by atoms with Gasteiger partial charge in [-0.05, 0) is 43.7 Å². The smallest absolute Gasteiger partial charge is 0.392 e. The molecule has 192 valence electrons. The Kier molecular flexibility index (Phi) is 5.84. The minimum absolute atomic E-state index is 0.0310. The molecule has 1 N–H and O–H groups in total. The third-order valence-electron chi connectivity index (χ3n) is 6.14. The topological polar surface area (TPSA) is 81.9 Å². The van der Waals surface area contributed by atoms with Crippen molar-refractivity contribution in [3.8, 4) is 11.8 Å². The van der Waals surface area contributed by atoms with Crippen LogP contribution in [-0.2, 0) is 16.6 Å². The second-order valence-corrected chi connectivity index (χ2v) is 9.13. The van der Waals surface area contributed by atoms with E-state index in [9.17, 15) is 26.7 Å². The Morgan fingerprint density at radius 3 is 2.57 bits per heavy atom. The molecule has 0 bridgehead atoms. The van der Waals surface area contributed by atoms with Crippen molar-refractivity contribution in [3.63, 3.8) is 0 Å². The molecule has 1 aliphatic heterocycles. The number of alkyl halides is 3. The number of fused-ring (bicyclic) bond motifs is 2. The van der Waals surface area contributed by atoms with Gasteiger partial charge in [0.05, 0.1) is 35.2 Å². The largest absolute Gasteiger partial charge is 0.477 e. The lowest BCUT2D eigenvalue weighted by molar-refractivity contribution is -0.139. The summed E-state index contributed by atoms with van der Waals surface area (Å²) in [6.45, 7) is 2.43. The molecule has 12 heteroatoms. The number of ether oxygens (including phenoxy) is 1. The number of nitrogens with zero attached hydrogens (tertiary/aromatic N) is 4. The number of benzene rings is 2. The fourth-order valence-electron chi connectivity index (χ4n) is 4.18. The molecule has 37 heavy (non-hydrogen) atoms. The summed E-state index contributed by atoms with van der Waals surface area (Å²) in [5, 5.41) is 7.47. The zero-order chi connectivity index (χ0) is 26.5. The first-order valence-electron chi connectivity index (χ1n) is 11.3. The van der Waals surface area contributed by atoms with Crippen LogP contribution >= 0.6 is 0 Å². The number of hydrogen-bond acceptors (Lipinski definition) is 5. The van der Waals surface area contributed by atoms with Crippen LogP contribution in [0.25, 0.3) is 16.9 Å². The molecule has 2 aromatic heterocycles. The summed E-state index contributed by atoms with van der Waals surface area (Å²) in [4.78, 5) is 21.3. The maximum Gasteiger partial charge on any atom is 0.392 e. The molecule has 7 nitrogen and oxygen atoms in total. The van der Waals surface area contributed by atoms with E-state index in [1.807, 2.05) is 0 Å². The molecule has 0 saturated carbocycles. The molecule has 4 aromatic rings. The third-order valence-corrected chi connectivity index (χ3v) is 6.14. The first-order valence-corrected chi connectivity index (χ1v) is 11.3. The summed E-state index contributed by atoms with van der Waals surface area (Å²) in [5.41, 5.74) is 0.0909. The van der Waals surface area contributed by atoms with Gasteiger partial charge in [-0.1, -0.05) is 18.2 Å². The number of halogens is 5. The Balaban J connectivity index is 1.64. The van der Waals surface area contributed by atoms with Gasteiger partial charge in [-0.15, -0.1) is 0 Å². The number of carbonyl (C=O) groups is 1. The fraction of sp³-hybridized carbons (Fsp3) is 0.280. The highest BCUT2D eigenvalue weighted by Gasteiger charge is 2.44. The van der Waals surface area contributed by atoms with E-state index in [1.54, 1.807) is 32.0 Å². The number of carbonyl (C=O) groups excluding carboxylic acids is 1. The van der Waals surface area contributed by atoms with E-state index < -0.39 is 42.2 Å². The summed E-state index contributed by atoms with van der Waals surface area (Å²) in [5.74, 6) is -1.67.